The first-order valence-electron chi connectivity index (χ1n) is 5.55. The lowest BCUT2D eigenvalue weighted by molar-refractivity contribution is -0.145. The molecule has 1 aromatic rings. The Kier molecular flexibility index (Phi) is 2.71. The van der Waals surface area contributed by atoms with Crippen molar-refractivity contribution in [2.24, 2.45) is 5.73 Å². The van der Waals surface area contributed by atoms with Crippen LogP contribution < -0.4 is 5.73 Å². The van der Waals surface area contributed by atoms with Crippen molar-refractivity contribution in [2.45, 2.75) is 44.2 Å². The monoisotopic (exact) mass is 223 g/mol. The number of nitrogens with zero attached hydrogens (tertiary/aromatic N) is 2. The van der Waals surface area contributed by atoms with Gasteiger partial charge in [-0.15, -0.1) is 0 Å². The van der Waals surface area contributed by atoms with Gasteiger partial charge in [0.25, 0.3) is 0 Å². The SMILES string of the molecule is Cc1nccn1C1CCCC(N)(C(=O)O)C1. The molecule has 0 aromatic carbocycles. The summed E-state index contributed by atoms with van der Waals surface area (Å²) in [7, 11) is 0. The van der Waals surface area contributed by atoms with E-state index >= 15 is 0 Å². The summed E-state index contributed by atoms with van der Waals surface area (Å²) in [5, 5.41) is 9.13. The van der Waals surface area contributed by atoms with E-state index in [0.29, 0.717) is 12.8 Å². The summed E-state index contributed by atoms with van der Waals surface area (Å²) in [5.41, 5.74) is 4.85. The highest BCUT2D eigenvalue weighted by molar-refractivity contribution is 5.78. The van der Waals surface area contributed by atoms with E-state index in [1.54, 1.807) is 6.20 Å². The molecule has 1 aliphatic rings. The number of aryl methyl sites for hydroxylation is 1. The van der Waals surface area contributed by atoms with Crippen LogP contribution in [0.15, 0.2) is 12.4 Å². The Morgan fingerprint density at radius 1 is 1.75 bits per heavy atom. The topological polar surface area (TPSA) is 81.1 Å². The molecule has 3 N–H and O–H groups in total. The van der Waals surface area contributed by atoms with Crippen molar-refractivity contribution in [3.8, 4) is 0 Å². The molecular formula is C11H17N3O2. The Morgan fingerprint density at radius 3 is 3.06 bits per heavy atom. The predicted octanol–water partition coefficient (Wildman–Crippen LogP) is 1.09. The van der Waals surface area contributed by atoms with Gasteiger partial charge in [0, 0.05) is 18.4 Å². The minimum atomic E-state index is -1.07. The van der Waals surface area contributed by atoms with E-state index < -0.39 is 11.5 Å². The average Bonchev–Trinajstić information content (AvgIpc) is 2.64. The fourth-order valence-corrected chi connectivity index (χ4v) is 2.48. The Labute approximate surface area is 94.3 Å². The van der Waals surface area contributed by atoms with Crippen LogP contribution >= 0.6 is 0 Å². The maximum absolute atomic E-state index is 11.1. The summed E-state index contributed by atoms with van der Waals surface area (Å²) in [5.74, 6) is 0.0228. The van der Waals surface area contributed by atoms with Gasteiger partial charge in [0.2, 0.25) is 0 Å². The fraction of sp³-hybridized carbons (Fsp3) is 0.636. The highest BCUT2D eigenvalue weighted by Gasteiger charge is 2.40. The molecule has 2 unspecified atom stereocenters. The summed E-state index contributed by atoms with van der Waals surface area (Å²) < 4.78 is 2.03. The largest absolute Gasteiger partial charge is 0.480 e. The third kappa shape index (κ3) is 1.82. The Bertz CT molecular complexity index is 402. The molecule has 2 rings (SSSR count). The normalized spacial score (nSPS) is 30.2. The van der Waals surface area contributed by atoms with E-state index in [1.807, 2.05) is 17.7 Å². The van der Waals surface area contributed by atoms with Gasteiger partial charge < -0.3 is 15.4 Å². The van der Waals surface area contributed by atoms with Crippen LogP contribution in [-0.2, 0) is 4.79 Å². The van der Waals surface area contributed by atoms with Crippen molar-refractivity contribution in [3.05, 3.63) is 18.2 Å². The minimum Gasteiger partial charge on any atom is -0.480 e. The standard InChI is InChI=1S/C11H17N3O2/c1-8-13-5-6-14(8)9-3-2-4-11(12,7-9)10(15)16/h5-6,9H,2-4,7,12H2,1H3,(H,15,16). The number of carboxylic acids is 1. The van der Waals surface area contributed by atoms with Gasteiger partial charge in [0.15, 0.2) is 0 Å². The van der Waals surface area contributed by atoms with Crippen LogP contribution in [0.5, 0.6) is 0 Å². The second-order valence-corrected chi connectivity index (χ2v) is 4.59. The molecule has 5 heteroatoms. The zero-order valence-electron chi connectivity index (χ0n) is 9.39. The number of carboxylic acid groups (broad SMARTS) is 1. The molecule has 16 heavy (non-hydrogen) atoms. The smallest absolute Gasteiger partial charge is 0.323 e. The first-order valence-corrected chi connectivity index (χ1v) is 5.55. The highest BCUT2D eigenvalue weighted by Crippen LogP contribution is 2.34. The maximum Gasteiger partial charge on any atom is 0.323 e. The molecule has 0 radical (unpaired) electrons. The zero-order chi connectivity index (χ0) is 11.8. The van der Waals surface area contributed by atoms with Gasteiger partial charge in [-0.05, 0) is 32.6 Å². The first-order chi connectivity index (χ1) is 7.53. The van der Waals surface area contributed by atoms with Crippen LogP contribution in [0.25, 0.3) is 0 Å². The molecule has 2 atom stereocenters. The van der Waals surface area contributed by atoms with Crippen LogP contribution in [0.4, 0.5) is 0 Å². The molecule has 5 nitrogen and oxygen atoms in total. The molecule has 1 aliphatic carbocycles. The molecule has 1 aromatic heterocycles. The molecule has 0 aliphatic heterocycles. The number of aromatic nitrogens is 2. The van der Waals surface area contributed by atoms with Gasteiger partial charge in [-0.2, -0.15) is 0 Å². The third-order valence-corrected chi connectivity index (χ3v) is 3.44. The lowest BCUT2D eigenvalue weighted by Gasteiger charge is -2.35. The second kappa shape index (κ2) is 3.90. The van der Waals surface area contributed by atoms with Gasteiger partial charge in [-0.1, -0.05) is 0 Å². The number of carbonyl (C=O) groups is 1. The van der Waals surface area contributed by atoms with E-state index in [1.165, 1.54) is 0 Å². The quantitative estimate of drug-likeness (QED) is 0.786. The molecule has 0 saturated heterocycles. The number of hydrogen-bond acceptors (Lipinski definition) is 3. The lowest BCUT2D eigenvalue weighted by atomic mass is 9.79. The van der Waals surface area contributed by atoms with E-state index in [4.69, 9.17) is 10.8 Å². The highest BCUT2D eigenvalue weighted by atomic mass is 16.4. The van der Waals surface area contributed by atoms with Crippen molar-refractivity contribution in [2.75, 3.05) is 0 Å². The van der Waals surface area contributed by atoms with Crippen LogP contribution in [-0.4, -0.2) is 26.2 Å². The summed E-state index contributed by atoms with van der Waals surface area (Å²) in [4.78, 5) is 15.3. The number of imidazole rings is 1. The van der Waals surface area contributed by atoms with E-state index in [0.717, 1.165) is 18.7 Å². The Morgan fingerprint density at radius 2 is 2.50 bits per heavy atom. The maximum atomic E-state index is 11.1. The third-order valence-electron chi connectivity index (χ3n) is 3.44. The molecule has 0 spiro atoms. The second-order valence-electron chi connectivity index (χ2n) is 4.59. The van der Waals surface area contributed by atoms with E-state index in [2.05, 4.69) is 4.98 Å². The number of nitrogens with two attached hydrogens (primary N) is 1. The van der Waals surface area contributed by atoms with Gasteiger partial charge in [-0.25, -0.2) is 4.98 Å². The van der Waals surface area contributed by atoms with Gasteiger partial charge in [0.1, 0.15) is 11.4 Å². The fourth-order valence-electron chi connectivity index (χ4n) is 2.48. The molecule has 0 amide bonds. The van der Waals surface area contributed by atoms with Crippen LogP contribution in [0.2, 0.25) is 0 Å². The molecule has 1 heterocycles. The van der Waals surface area contributed by atoms with Crippen molar-refractivity contribution < 1.29 is 9.90 Å². The van der Waals surface area contributed by atoms with E-state index in [9.17, 15) is 4.79 Å². The van der Waals surface area contributed by atoms with Crippen molar-refractivity contribution in [1.82, 2.24) is 9.55 Å². The van der Waals surface area contributed by atoms with Crippen molar-refractivity contribution >= 4 is 5.97 Å². The van der Waals surface area contributed by atoms with Crippen LogP contribution in [0.3, 0.4) is 0 Å². The van der Waals surface area contributed by atoms with Crippen molar-refractivity contribution in [1.29, 1.82) is 0 Å². The van der Waals surface area contributed by atoms with Crippen LogP contribution in [0, 0.1) is 6.92 Å². The summed E-state index contributed by atoms with van der Waals surface area (Å²) in [6.07, 6.45) is 6.51. The lowest BCUT2D eigenvalue weighted by Crippen LogP contribution is -2.51. The first kappa shape index (κ1) is 11.1. The van der Waals surface area contributed by atoms with Crippen molar-refractivity contribution in [3.63, 3.8) is 0 Å². The number of rotatable bonds is 2. The van der Waals surface area contributed by atoms with Crippen LogP contribution in [0.1, 0.15) is 37.5 Å². The summed E-state index contributed by atoms with van der Waals surface area (Å²) in [6, 6.07) is 0.164. The zero-order valence-corrected chi connectivity index (χ0v) is 9.39. The Balaban J connectivity index is 2.20. The molecule has 88 valence electrons. The van der Waals surface area contributed by atoms with E-state index in [-0.39, 0.29) is 6.04 Å². The van der Waals surface area contributed by atoms with Gasteiger partial charge in [-0.3, -0.25) is 4.79 Å². The predicted molar refractivity (Wildman–Crippen MR) is 59.0 cm³/mol. The molecule has 1 saturated carbocycles. The minimum absolute atomic E-state index is 0.164. The molecule has 1 fully saturated rings. The van der Waals surface area contributed by atoms with Gasteiger partial charge in [0.05, 0.1) is 0 Å². The number of hydrogen-bond donors (Lipinski definition) is 2. The summed E-state index contributed by atoms with van der Waals surface area (Å²) in [6.45, 7) is 1.92. The summed E-state index contributed by atoms with van der Waals surface area (Å²) >= 11 is 0. The molecular weight excluding hydrogens is 206 g/mol. The Hall–Kier alpha value is -1.36. The average molecular weight is 223 g/mol. The molecule has 0 bridgehead atoms. The number of aliphatic carboxylic acids is 1. The van der Waals surface area contributed by atoms with Gasteiger partial charge >= 0.3 is 5.97 Å².